The SMILES string of the molecule is CO.COc1cccc(CNC(=O)c2cc(/C(N)=N/N(C)N)nc(C)n2)c1.OC1CCCCC1. The number of aromatic nitrogens is 2. The lowest BCUT2D eigenvalue weighted by molar-refractivity contribution is 0.0945. The van der Waals surface area contributed by atoms with Gasteiger partial charge in [0.1, 0.15) is 23.0 Å². The summed E-state index contributed by atoms with van der Waals surface area (Å²) in [4.78, 5) is 20.7. The van der Waals surface area contributed by atoms with Crippen LogP contribution in [0, 0.1) is 6.92 Å². The van der Waals surface area contributed by atoms with Gasteiger partial charge in [-0.15, -0.1) is 5.10 Å². The fourth-order valence-electron chi connectivity index (χ4n) is 3.17. The van der Waals surface area contributed by atoms with Crippen LogP contribution in [0.1, 0.15) is 59.7 Å². The zero-order valence-electron chi connectivity index (χ0n) is 20.4. The number of hydrazine groups is 1. The zero-order chi connectivity index (χ0) is 25.5. The molecule has 1 aliphatic carbocycles. The van der Waals surface area contributed by atoms with Crippen molar-refractivity contribution in [3.05, 3.63) is 53.1 Å². The van der Waals surface area contributed by atoms with Gasteiger partial charge < -0.3 is 26.0 Å². The van der Waals surface area contributed by atoms with Crippen LogP contribution < -0.4 is 21.6 Å². The second-order valence-electron chi connectivity index (χ2n) is 7.57. The third-order valence-corrected chi connectivity index (χ3v) is 4.76. The van der Waals surface area contributed by atoms with Crippen LogP contribution in [-0.4, -0.2) is 64.4 Å². The van der Waals surface area contributed by atoms with E-state index in [0.29, 0.717) is 18.1 Å². The van der Waals surface area contributed by atoms with Gasteiger partial charge in [0.05, 0.1) is 13.2 Å². The van der Waals surface area contributed by atoms with Crippen LogP contribution in [0.4, 0.5) is 0 Å². The van der Waals surface area contributed by atoms with Crippen molar-refractivity contribution >= 4 is 11.7 Å². The van der Waals surface area contributed by atoms with Crippen molar-refractivity contribution in [2.45, 2.75) is 51.7 Å². The lowest BCUT2D eigenvalue weighted by Crippen LogP contribution is -2.28. The first-order valence-electron chi connectivity index (χ1n) is 11.0. The number of amides is 1. The van der Waals surface area contributed by atoms with Gasteiger partial charge in [-0.2, -0.15) is 0 Å². The molecule has 0 saturated heterocycles. The number of nitrogens with zero attached hydrogens (tertiary/aromatic N) is 4. The molecular weight excluding hydrogens is 438 g/mol. The minimum atomic E-state index is -0.344. The van der Waals surface area contributed by atoms with Crippen LogP contribution in [0.15, 0.2) is 35.4 Å². The van der Waals surface area contributed by atoms with Crippen molar-refractivity contribution in [3.8, 4) is 5.75 Å². The van der Waals surface area contributed by atoms with E-state index in [1.54, 1.807) is 14.0 Å². The predicted octanol–water partition coefficient (Wildman–Crippen LogP) is 1.07. The highest BCUT2D eigenvalue weighted by atomic mass is 16.5. The molecule has 0 aliphatic heterocycles. The maximum atomic E-state index is 12.4. The highest BCUT2D eigenvalue weighted by Crippen LogP contribution is 2.16. The molecule has 3 rings (SSSR count). The number of ether oxygens (including phenoxy) is 1. The molecule has 0 spiro atoms. The van der Waals surface area contributed by atoms with Gasteiger partial charge in [-0.1, -0.05) is 31.4 Å². The Morgan fingerprint density at radius 2 is 1.85 bits per heavy atom. The number of hydrazone groups is 1. The van der Waals surface area contributed by atoms with Crippen LogP contribution in [0.3, 0.4) is 0 Å². The van der Waals surface area contributed by atoms with Gasteiger partial charge in [-0.05, 0) is 43.5 Å². The molecule has 0 radical (unpaired) electrons. The summed E-state index contributed by atoms with van der Waals surface area (Å²) in [5.41, 5.74) is 7.26. The van der Waals surface area contributed by atoms with Crippen LogP contribution >= 0.6 is 0 Å². The van der Waals surface area contributed by atoms with E-state index in [2.05, 4.69) is 20.4 Å². The van der Waals surface area contributed by atoms with Crippen LogP contribution in [0.25, 0.3) is 0 Å². The van der Waals surface area contributed by atoms with E-state index in [9.17, 15) is 4.79 Å². The van der Waals surface area contributed by atoms with Crippen molar-refractivity contribution < 1.29 is 19.7 Å². The molecule has 2 aromatic rings. The molecular formula is C23H37N7O4. The first-order chi connectivity index (χ1) is 16.3. The summed E-state index contributed by atoms with van der Waals surface area (Å²) >= 11 is 0. The van der Waals surface area contributed by atoms with E-state index in [1.165, 1.54) is 32.4 Å². The fourth-order valence-corrected chi connectivity index (χ4v) is 3.17. The van der Waals surface area contributed by atoms with Crippen molar-refractivity contribution in [2.24, 2.45) is 16.7 Å². The number of hydrogen-bond donors (Lipinski definition) is 5. The van der Waals surface area contributed by atoms with Gasteiger partial charge in [-0.25, -0.2) is 20.9 Å². The van der Waals surface area contributed by atoms with Gasteiger partial charge in [0.15, 0.2) is 5.84 Å². The molecule has 1 amide bonds. The molecule has 188 valence electrons. The fraction of sp³-hybridized carbons (Fsp3) is 0.478. The topological polar surface area (TPSA) is 172 Å². The van der Waals surface area contributed by atoms with Crippen molar-refractivity contribution in [1.82, 2.24) is 20.4 Å². The number of benzene rings is 1. The largest absolute Gasteiger partial charge is 0.497 e. The smallest absolute Gasteiger partial charge is 0.270 e. The molecule has 0 atom stereocenters. The number of hydrogen-bond acceptors (Lipinski definition) is 9. The molecule has 34 heavy (non-hydrogen) atoms. The van der Waals surface area contributed by atoms with E-state index in [4.69, 9.17) is 26.5 Å². The summed E-state index contributed by atoms with van der Waals surface area (Å²) in [5, 5.41) is 23.6. The van der Waals surface area contributed by atoms with E-state index in [0.717, 1.165) is 36.4 Å². The van der Waals surface area contributed by atoms with Gasteiger partial charge >= 0.3 is 0 Å². The molecule has 11 heteroatoms. The number of aliphatic hydroxyl groups is 2. The Bertz CT molecular complexity index is 916. The molecule has 1 aromatic heterocycles. The molecule has 1 heterocycles. The highest BCUT2D eigenvalue weighted by Gasteiger charge is 2.13. The molecule has 0 bridgehead atoms. The van der Waals surface area contributed by atoms with Crippen molar-refractivity contribution in [3.63, 3.8) is 0 Å². The summed E-state index contributed by atoms with van der Waals surface area (Å²) in [5.74, 6) is 6.31. The Morgan fingerprint density at radius 3 is 2.41 bits per heavy atom. The Balaban J connectivity index is 0.000000540. The van der Waals surface area contributed by atoms with E-state index >= 15 is 0 Å². The lowest BCUT2D eigenvalue weighted by Gasteiger charge is -2.14. The highest BCUT2D eigenvalue weighted by molar-refractivity contribution is 5.99. The minimum absolute atomic E-state index is 0.0359. The summed E-state index contributed by atoms with van der Waals surface area (Å²) in [6.07, 6.45) is 5.92. The quantitative estimate of drug-likeness (QED) is 0.177. The van der Waals surface area contributed by atoms with Crippen LogP contribution in [0.5, 0.6) is 5.75 Å². The lowest BCUT2D eigenvalue weighted by atomic mass is 9.98. The maximum absolute atomic E-state index is 12.4. The monoisotopic (exact) mass is 475 g/mol. The summed E-state index contributed by atoms with van der Waals surface area (Å²) in [7, 11) is 4.12. The van der Waals surface area contributed by atoms with E-state index in [-0.39, 0.29) is 23.5 Å². The Hall–Kier alpha value is -3.28. The van der Waals surface area contributed by atoms with Gasteiger partial charge in [-0.3, -0.25) is 4.79 Å². The molecule has 1 aliphatic rings. The average Bonchev–Trinajstić information content (AvgIpc) is 2.84. The number of methoxy groups -OCH3 is 1. The van der Waals surface area contributed by atoms with Crippen LogP contribution in [0.2, 0.25) is 0 Å². The Labute approximate surface area is 200 Å². The summed E-state index contributed by atoms with van der Waals surface area (Å²) in [6.45, 7) is 2.01. The van der Waals surface area contributed by atoms with Gasteiger partial charge in [0.25, 0.3) is 5.91 Å². The number of rotatable bonds is 6. The van der Waals surface area contributed by atoms with Crippen molar-refractivity contribution in [2.75, 3.05) is 21.3 Å². The Morgan fingerprint density at radius 1 is 1.21 bits per heavy atom. The molecule has 11 nitrogen and oxygen atoms in total. The third-order valence-electron chi connectivity index (χ3n) is 4.76. The average molecular weight is 476 g/mol. The number of carbonyl (C=O) groups excluding carboxylic acids is 1. The molecule has 1 fully saturated rings. The van der Waals surface area contributed by atoms with E-state index in [1.807, 2.05) is 24.3 Å². The maximum Gasteiger partial charge on any atom is 0.270 e. The second kappa shape index (κ2) is 15.5. The number of aryl methyl sites for hydroxylation is 1. The van der Waals surface area contributed by atoms with Crippen LogP contribution in [-0.2, 0) is 6.54 Å². The Kier molecular flexibility index (Phi) is 13.1. The predicted molar refractivity (Wildman–Crippen MR) is 131 cm³/mol. The molecule has 1 aromatic carbocycles. The minimum Gasteiger partial charge on any atom is -0.497 e. The second-order valence-corrected chi connectivity index (χ2v) is 7.57. The van der Waals surface area contributed by atoms with Gasteiger partial charge in [0.2, 0.25) is 0 Å². The number of aliphatic hydroxyl groups excluding tert-OH is 2. The van der Waals surface area contributed by atoms with Crippen molar-refractivity contribution in [1.29, 1.82) is 0 Å². The third kappa shape index (κ3) is 10.6. The van der Waals surface area contributed by atoms with E-state index < -0.39 is 0 Å². The standard InChI is InChI=1S/C16H21N7O2.C6H12O.CH4O/c1-10-20-13(15(17)22-23(2)18)8-14(21-10)16(24)19-9-11-5-4-6-12(7-11)25-3;7-6-4-2-1-3-5-6;1-2/h4-8H,9,18H2,1-3H3,(H2,17,22)(H,19,24);6-7H,1-5H2;2H,1H3. The number of nitrogens with two attached hydrogens (primary N) is 2. The summed E-state index contributed by atoms with van der Waals surface area (Å²) in [6, 6.07) is 8.89. The first-order valence-corrected chi connectivity index (χ1v) is 11.0. The normalized spacial score (nSPS) is 13.6. The molecule has 7 N–H and O–H groups in total. The number of nitrogens with one attached hydrogen (secondary N) is 1. The zero-order valence-corrected chi connectivity index (χ0v) is 20.4. The summed E-state index contributed by atoms with van der Waals surface area (Å²) < 4.78 is 5.16. The molecule has 1 saturated carbocycles. The number of amidine groups is 1. The number of carbonyl (C=O) groups is 1. The first kappa shape index (κ1) is 28.8. The molecule has 0 unspecified atom stereocenters. The van der Waals surface area contributed by atoms with Gasteiger partial charge in [0, 0.05) is 20.7 Å².